The van der Waals surface area contributed by atoms with Gasteiger partial charge in [0.05, 0.1) is 24.5 Å². The van der Waals surface area contributed by atoms with Crippen LogP contribution in [0.3, 0.4) is 0 Å². The number of alkyl halides is 5. The number of aromatic nitrogens is 2. The van der Waals surface area contributed by atoms with E-state index in [1.165, 1.54) is 27.8 Å². The molecule has 1 atom stereocenters. The van der Waals surface area contributed by atoms with Crippen LogP contribution >= 0.6 is 0 Å². The monoisotopic (exact) mass is 412 g/mol. The van der Waals surface area contributed by atoms with Crippen molar-refractivity contribution in [1.82, 2.24) is 14.7 Å². The van der Waals surface area contributed by atoms with Gasteiger partial charge in [0, 0.05) is 26.2 Å². The highest BCUT2D eigenvalue weighted by Crippen LogP contribution is 2.34. The maximum atomic E-state index is 14.2. The Labute approximate surface area is 158 Å². The first-order valence-electron chi connectivity index (χ1n) is 8.34. The lowest BCUT2D eigenvalue weighted by Crippen LogP contribution is -2.60. The largest absolute Gasteiger partial charge is 0.471 e. The van der Waals surface area contributed by atoms with Crippen LogP contribution in [0.15, 0.2) is 12.4 Å². The van der Waals surface area contributed by atoms with Crippen molar-refractivity contribution in [2.24, 2.45) is 7.05 Å². The molecule has 0 spiro atoms. The van der Waals surface area contributed by atoms with E-state index in [9.17, 15) is 31.5 Å². The molecule has 0 saturated carbocycles. The zero-order chi connectivity index (χ0) is 21.5. The van der Waals surface area contributed by atoms with E-state index >= 15 is 0 Å². The smallest absolute Gasteiger partial charge is 0.444 e. The van der Waals surface area contributed by atoms with Crippen LogP contribution in [-0.4, -0.2) is 63.5 Å². The molecule has 158 valence electrons. The lowest BCUT2D eigenvalue weighted by molar-refractivity contribution is -0.172. The molecule has 1 fully saturated rings. The summed E-state index contributed by atoms with van der Waals surface area (Å²) < 4.78 is 74.0. The number of amides is 2. The number of carbonyl (C=O) groups excluding carboxylic acids is 2. The highest BCUT2D eigenvalue weighted by molar-refractivity contribution is 5.97. The fourth-order valence-corrected chi connectivity index (χ4v) is 2.87. The molecule has 1 aromatic rings. The fraction of sp³-hybridized carbons (Fsp3) is 0.688. The van der Waals surface area contributed by atoms with E-state index in [4.69, 9.17) is 4.74 Å². The highest BCUT2D eigenvalue weighted by Gasteiger charge is 2.51. The molecule has 2 amide bonds. The van der Waals surface area contributed by atoms with Crippen LogP contribution in [0, 0.1) is 0 Å². The Bertz CT molecular complexity index is 741. The van der Waals surface area contributed by atoms with Gasteiger partial charge in [0.25, 0.3) is 5.92 Å². The van der Waals surface area contributed by atoms with Crippen molar-refractivity contribution < 1.29 is 36.3 Å². The molecule has 1 aliphatic rings. The van der Waals surface area contributed by atoms with Gasteiger partial charge in [0.1, 0.15) is 5.60 Å². The Morgan fingerprint density at radius 1 is 1.29 bits per heavy atom. The van der Waals surface area contributed by atoms with Crippen LogP contribution in [0.5, 0.6) is 0 Å². The second-order valence-corrected chi connectivity index (χ2v) is 7.62. The zero-order valence-corrected chi connectivity index (χ0v) is 15.8. The van der Waals surface area contributed by atoms with Crippen molar-refractivity contribution in [3.05, 3.63) is 12.4 Å². The van der Waals surface area contributed by atoms with Crippen LogP contribution in [0.1, 0.15) is 27.2 Å². The standard InChI is InChI=1S/C16H21F5N4O3/c1-14(2,3)28-13(27)24-8-10(5-15(17,18)9-24)25(12(26)16(19,20)21)11-6-22-23(4)7-11/h6-7,10H,5,8-9H2,1-4H3. The second-order valence-electron chi connectivity index (χ2n) is 7.62. The summed E-state index contributed by atoms with van der Waals surface area (Å²) in [4.78, 5) is 25.0. The Hall–Kier alpha value is -2.40. The summed E-state index contributed by atoms with van der Waals surface area (Å²) in [6.07, 6.45) is -5.35. The third-order valence-electron chi connectivity index (χ3n) is 3.84. The number of halogens is 5. The molecular weight excluding hydrogens is 391 g/mol. The van der Waals surface area contributed by atoms with E-state index in [1.807, 2.05) is 0 Å². The van der Waals surface area contributed by atoms with Gasteiger partial charge < -0.3 is 9.64 Å². The number of nitrogens with zero attached hydrogens (tertiary/aromatic N) is 4. The summed E-state index contributed by atoms with van der Waals surface area (Å²) in [5.41, 5.74) is -1.28. The van der Waals surface area contributed by atoms with E-state index in [-0.39, 0.29) is 10.6 Å². The normalized spacial score (nSPS) is 20.0. The van der Waals surface area contributed by atoms with Crippen molar-refractivity contribution in [1.29, 1.82) is 0 Å². The predicted molar refractivity (Wildman–Crippen MR) is 87.9 cm³/mol. The number of ether oxygens (including phenoxy) is 1. The SMILES string of the molecule is Cn1cc(N(C(=O)C(F)(F)F)C2CN(C(=O)OC(C)(C)C)CC(F)(F)C2)cn1. The first-order chi connectivity index (χ1) is 12.6. The molecule has 1 saturated heterocycles. The van der Waals surface area contributed by atoms with Gasteiger partial charge in [-0.1, -0.05) is 0 Å². The number of hydrogen-bond donors (Lipinski definition) is 0. The summed E-state index contributed by atoms with van der Waals surface area (Å²) in [5, 5.41) is 3.70. The number of carbonyl (C=O) groups is 2. The fourth-order valence-electron chi connectivity index (χ4n) is 2.87. The van der Waals surface area contributed by atoms with Crippen molar-refractivity contribution >= 4 is 17.7 Å². The van der Waals surface area contributed by atoms with Gasteiger partial charge >= 0.3 is 18.2 Å². The van der Waals surface area contributed by atoms with Gasteiger partial charge in [0.15, 0.2) is 0 Å². The predicted octanol–water partition coefficient (Wildman–Crippen LogP) is 2.96. The van der Waals surface area contributed by atoms with Crippen molar-refractivity contribution in [2.45, 2.75) is 50.9 Å². The molecule has 0 aliphatic carbocycles. The molecule has 0 aromatic carbocycles. The Balaban J connectivity index is 2.38. The molecule has 28 heavy (non-hydrogen) atoms. The minimum Gasteiger partial charge on any atom is -0.444 e. The molecule has 1 aromatic heterocycles. The minimum absolute atomic E-state index is 0.220. The van der Waals surface area contributed by atoms with Gasteiger partial charge in [-0.15, -0.1) is 0 Å². The van der Waals surface area contributed by atoms with E-state index in [2.05, 4.69) is 5.10 Å². The Morgan fingerprint density at radius 3 is 2.36 bits per heavy atom. The quantitative estimate of drug-likeness (QED) is 0.701. The molecular formula is C16H21F5N4O3. The molecule has 7 nitrogen and oxygen atoms in total. The van der Waals surface area contributed by atoms with Crippen LogP contribution in [0.4, 0.5) is 32.4 Å². The maximum absolute atomic E-state index is 14.2. The van der Waals surface area contributed by atoms with Crippen molar-refractivity contribution in [3.8, 4) is 0 Å². The molecule has 2 heterocycles. The third-order valence-corrected chi connectivity index (χ3v) is 3.84. The second kappa shape index (κ2) is 7.21. The Kier molecular flexibility index (Phi) is 5.64. The molecule has 0 radical (unpaired) electrons. The van der Waals surface area contributed by atoms with Gasteiger partial charge in [-0.25, -0.2) is 13.6 Å². The summed E-state index contributed by atoms with van der Waals surface area (Å²) in [6.45, 7) is 3.03. The number of rotatable bonds is 2. The number of aryl methyl sites for hydroxylation is 1. The van der Waals surface area contributed by atoms with Gasteiger partial charge in [-0.05, 0) is 20.8 Å². The molecule has 1 unspecified atom stereocenters. The number of hydrogen-bond acceptors (Lipinski definition) is 4. The van der Waals surface area contributed by atoms with E-state index in [1.54, 1.807) is 0 Å². The Morgan fingerprint density at radius 2 is 1.89 bits per heavy atom. The first-order valence-corrected chi connectivity index (χ1v) is 8.34. The van der Waals surface area contributed by atoms with E-state index in [0.29, 0.717) is 4.90 Å². The average Bonchev–Trinajstić information content (AvgIpc) is 2.89. The van der Waals surface area contributed by atoms with Gasteiger partial charge in [-0.3, -0.25) is 14.4 Å². The number of anilines is 1. The molecule has 0 N–H and O–H groups in total. The van der Waals surface area contributed by atoms with Crippen LogP contribution in [0.2, 0.25) is 0 Å². The molecule has 12 heteroatoms. The van der Waals surface area contributed by atoms with Gasteiger partial charge in [0.2, 0.25) is 0 Å². The molecule has 2 rings (SSSR count). The van der Waals surface area contributed by atoms with E-state index in [0.717, 1.165) is 17.1 Å². The summed E-state index contributed by atoms with van der Waals surface area (Å²) >= 11 is 0. The highest BCUT2D eigenvalue weighted by atomic mass is 19.4. The summed E-state index contributed by atoms with van der Waals surface area (Å²) in [5.74, 6) is -5.82. The van der Waals surface area contributed by atoms with Crippen molar-refractivity contribution in [2.75, 3.05) is 18.0 Å². The van der Waals surface area contributed by atoms with Crippen molar-refractivity contribution in [3.63, 3.8) is 0 Å². The minimum atomic E-state index is -5.29. The maximum Gasteiger partial charge on any atom is 0.471 e. The lowest BCUT2D eigenvalue weighted by atomic mass is 10.00. The molecule has 1 aliphatic heterocycles. The zero-order valence-electron chi connectivity index (χ0n) is 15.8. The first kappa shape index (κ1) is 21.9. The summed E-state index contributed by atoms with van der Waals surface area (Å²) in [7, 11) is 1.40. The third kappa shape index (κ3) is 5.32. The topological polar surface area (TPSA) is 67.7 Å². The van der Waals surface area contributed by atoms with Crippen LogP contribution in [0.25, 0.3) is 0 Å². The summed E-state index contributed by atoms with van der Waals surface area (Å²) in [6, 6.07) is -1.62. The number of piperidine rings is 1. The van der Waals surface area contributed by atoms with Crippen LogP contribution in [-0.2, 0) is 16.6 Å². The van der Waals surface area contributed by atoms with E-state index < -0.39 is 55.3 Å². The van der Waals surface area contributed by atoms with Gasteiger partial charge in [-0.2, -0.15) is 18.3 Å². The average molecular weight is 412 g/mol. The lowest BCUT2D eigenvalue weighted by Gasteiger charge is -2.42. The molecule has 0 bridgehead atoms. The van der Waals surface area contributed by atoms with Crippen LogP contribution < -0.4 is 4.90 Å². The number of likely N-dealkylation sites (tertiary alicyclic amines) is 1.